The van der Waals surface area contributed by atoms with Gasteiger partial charge >= 0.3 is 5.76 Å². The molecular formula is C15H10N2O5. The molecule has 0 aliphatic carbocycles. The van der Waals surface area contributed by atoms with Crippen LogP contribution in [0.2, 0.25) is 0 Å². The van der Waals surface area contributed by atoms with Crippen LogP contribution >= 0.6 is 0 Å². The summed E-state index contributed by atoms with van der Waals surface area (Å²) in [5.41, 5.74) is 0.789. The normalized spacial score (nSPS) is 10.7. The molecule has 0 unspecified atom stereocenters. The molecule has 22 heavy (non-hydrogen) atoms. The van der Waals surface area contributed by atoms with Crippen LogP contribution in [-0.4, -0.2) is 15.4 Å². The van der Waals surface area contributed by atoms with Crippen molar-refractivity contribution >= 4 is 22.7 Å². The largest absolute Gasteiger partial charge is 0.426 e. The van der Waals surface area contributed by atoms with Gasteiger partial charge in [-0.1, -0.05) is 30.3 Å². The molecule has 0 N–H and O–H groups in total. The summed E-state index contributed by atoms with van der Waals surface area (Å²) in [6.45, 7) is 0. The van der Waals surface area contributed by atoms with Gasteiger partial charge in [-0.15, -0.1) is 0 Å². The van der Waals surface area contributed by atoms with E-state index in [1.807, 2.05) is 6.07 Å². The zero-order chi connectivity index (χ0) is 15.7. The van der Waals surface area contributed by atoms with Crippen molar-refractivity contribution in [1.29, 1.82) is 0 Å². The number of nitrogens with zero attached hydrogens (tertiary/aromatic N) is 2. The van der Waals surface area contributed by atoms with Crippen molar-refractivity contribution in [3.63, 3.8) is 0 Å². The van der Waals surface area contributed by atoms with Gasteiger partial charge in [0, 0.05) is 6.07 Å². The fourth-order valence-electron chi connectivity index (χ4n) is 2.21. The maximum atomic E-state index is 12.3. The van der Waals surface area contributed by atoms with Crippen molar-refractivity contribution in [2.75, 3.05) is 0 Å². The summed E-state index contributed by atoms with van der Waals surface area (Å²) < 4.78 is 5.83. The number of rotatable bonds is 3. The van der Waals surface area contributed by atoms with Crippen LogP contribution in [0.15, 0.2) is 57.7 Å². The Morgan fingerprint density at radius 2 is 1.91 bits per heavy atom. The molecule has 0 bridgehead atoms. The van der Waals surface area contributed by atoms with Gasteiger partial charge in [0.1, 0.15) is 0 Å². The Hall–Kier alpha value is -3.22. The van der Waals surface area contributed by atoms with Crippen molar-refractivity contribution in [2.24, 2.45) is 0 Å². The van der Waals surface area contributed by atoms with Gasteiger partial charge in [0.2, 0.25) is 5.91 Å². The fourth-order valence-corrected chi connectivity index (χ4v) is 2.21. The van der Waals surface area contributed by atoms with Gasteiger partial charge in [-0.3, -0.25) is 14.9 Å². The van der Waals surface area contributed by atoms with E-state index in [1.165, 1.54) is 12.1 Å². The Kier molecular flexibility index (Phi) is 3.30. The molecule has 110 valence electrons. The minimum atomic E-state index is -0.851. The first-order valence-electron chi connectivity index (χ1n) is 6.43. The number of oxazole rings is 1. The zero-order valence-corrected chi connectivity index (χ0v) is 11.3. The Bertz CT molecular complexity index is 924. The second-order valence-electron chi connectivity index (χ2n) is 4.67. The van der Waals surface area contributed by atoms with Crippen LogP contribution in [0.4, 0.5) is 5.69 Å². The zero-order valence-electron chi connectivity index (χ0n) is 11.3. The SMILES string of the molecule is O=C(Cc1ccccc1)n1c(=O)oc2cc([N+](=O)[O-])ccc21. The average Bonchev–Trinajstić information content (AvgIpc) is 2.83. The molecule has 3 aromatic rings. The maximum Gasteiger partial charge on any atom is 0.426 e. The molecule has 1 heterocycles. The lowest BCUT2D eigenvalue weighted by Crippen LogP contribution is -2.24. The van der Waals surface area contributed by atoms with E-state index >= 15 is 0 Å². The first-order chi connectivity index (χ1) is 10.6. The molecule has 0 fully saturated rings. The molecule has 0 saturated heterocycles. The summed E-state index contributed by atoms with van der Waals surface area (Å²) >= 11 is 0. The average molecular weight is 298 g/mol. The number of nitro groups is 1. The topological polar surface area (TPSA) is 95.3 Å². The minimum absolute atomic E-state index is 0.0145. The van der Waals surface area contributed by atoms with Gasteiger partial charge in [-0.05, 0) is 11.6 Å². The molecule has 3 rings (SSSR count). The monoisotopic (exact) mass is 298 g/mol. The van der Waals surface area contributed by atoms with E-state index < -0.39 is 16.6 Å². The molecule has 0 aliphatic heterocycles. The summed E-state index contributed by atoms with van der Waals surface area (Å²) in [5.74, 6) is -1.31. The van der Waals surface area contributed by atoms with Crippen molar-refractivity contribution in [3.05, 3.63) is 74.8 Å². The predicted octanol–water partition coefficient (Wildman–Crippen LogP) is 2.39. The van der Waals surface area contributed by atoms with Gasteiger partial charge in [0.05, 0.1) is 22.9 Å². The number of non-ortho nitro benzene ring substituents is 1. The number of fused-ring (bicyclic) bond motifs is 1. The van der Waals surface area contributed by atoms with E-state index in [4.69, 9.17) is 4.42 Å². The third kappa shape index (κ3) is 2.39. The summed E-state index contributed by atoms with van der Waals surface area (Å²) in [4.78, 5) is 34.3. The molecular weight excluding hydrogens is 288 g/mol. The van der Waals surface area contributed by atoms with E-state index in [1.54, 1.807) is 24.3 Å². The number of benzene rings is 2. The molecule has 0 spiro atoms. The molecule has 0 atom stereocenters. The highest BCUT2D eigenvalue weighted by Crippen LogP contribution is 2.20. The predicted molar refractivity (Wildman–Crippen MR) is 77.9 cm³/mol. The van der Waals surface area contributed by atoms with Crippen LogP contribution in [0, 0.1) is 10.1 Å². The molecule has 2 aromatic carbocycles. The summed E-state index contributed by atoms with van der Waals surface area (Å²) in [6.07, 6.45) is 0.0341. The standard InChI is InChI=1S/C15H10N2O5/c18-14(8-10-4-2-1-3-5-10)16-12-7-6-11(17(20)21)9-13(12)22-15(16)19/h1-7,9H,8H2. The Morgan fingerprint density at radius 1 is 1.18 bits per heavy atom. The Labute approximate surface area is 123 Å². The Balaban J connectivity index is 2.03. The number of hydrogen-bond donors (Lipinski definition) is 0. The van der Waals surface area contributed by atoms with Crippen LogP contribution in [0.3, 0.4) is 0 Å². The first kappa shape index (κ1) is 13.7. The van der Waals surface area contributed by atoms with Crippen molar-refractivity contribution in [3.8, 4) is 0 Å². The number of carbonyl (C=O) groups is 1. The minimum Gasteiger partial charge on any atom is -0.407 e. The van der Waals surface area contributed by atoms with E-state index in [-0.39, 0.29) is 23.2 Å². The van der Waals surface area contributed by atoms with Crippen LogP contribution in [0.5, 0.6) is 0 Å². The van der Waals surface area contributed by atoms with Gasteiger partial charge in [-0.2, -0.15) is 0 Å². The van der Waals surface area contributed by atoms with Crippen LogP contribution in [0.1, 0.15) is 10.4 Å². The third-order valence-corrected chi connectivity index (χ3v) is 3.22. The Morgan fingerprint density at radius 3 is 2.59 bits per heavy atom. The fraction of sp³-hybridized carbons (Fsp3) is 0.0667. The highest BCUT2D eigenvalue weighted by atomic mass is 16.6. The molecule has 0 amide bonds. The van der Waals surface area contributed by atoms with Crippen molar-refractivity contribution < 1.29 is 14.1 Å². The van der Waals surface area contributed by atoms with Gasteiger partial charge in [-0.25, -0.2) is 9.36 Å². The molecule has 0 saturated carbocycles. The lowest BCUT2D eigenvalue weighted by molar-refractivity contribution is -0.384. The number of nitro benzene ring substituents is 1. The highest BCUT2D eigenvalue weighted by Gasteiger charge is 2.18. The summed E-state index contributed by atoms with van der Waals surface area (Å²) in [6, 6.07) is 12.6. The van der Waals surface area contributed by atoms with Crippen LogP contribution < -0.4 is 5.76 Å². The quantitative estimate of drug-likeness (QED) is 0.546. The van der Waals surface area contributed by atoms with E-state index in [2.05, 4.69) is 0 Å². The van der Waals surface area contributed by atoms with Crippen LogP contribution in [0.25, 0.3) is 11.1 Å². The molecule has 7 nitrogen and oxygen atoms in total. The van der Waals surface area contributed by atoms with Gasteiger partial charge < -0.3 is 4.42 Å². The van der Waals surface area contributed by atoms with Gasteiger partial charge in [0.15, 0.2) is 5.58 Å². The molecule has 7 heteroatoms. The molecule has 1 aromatic heterocycles. The van der Waals surface area contributed by atoms with E-state index in [0.29, 0.717) is 0 Å². The van der Waals surface area contributed by atoms with Crippen molar-refractivity contribution in [1.82, 2.24) is 4.57 Å². The van der Waals surface area contributed by atoms with E-state index in [0.717, 1.165) is 16.2 Å². The number of aromatic nitrogens is 1. The van der Waals surface area contributed by atoms with E-state index in [9.17, 15) is 19.7 Å². The van der Waals surface area contributed by atoms with Gasteiger partial charge in [0.25, 0.3) is 5.69 Å². The first-order valence-corrected chi connectivity index (χ1v) is 6.43. The number of carbonyl (C=O) groups excluding carboxylic acids is 1. The maximum absolute atomic E-state index is 12.3. The lowest BCUT2D eigenvalue weighted by Gasteiger charge is -2.01. The third-order valence-electron chi connectivity index (χ3n) is 3.22. The molecule has 0 aliphatic rings. The second-order valence-corrected chi connectivity index (χ2v) is 4.67. The lowest BCUT2D eigenvalue weighted by atomic mass is 10.1. The molecule has 0 radical (unpaired) electrons. The highest BCUT2D eigenvalue weighted by molar-refractivity contribution is 5.90. The smallest absolute Gasteiger partial charge is 0.407 e. The summed E-state index contributed by atoms with van der Waals surface area (Å²) in [7, 11) is 0. The summed E-state index contributed by atoms with van der Waals surface area (Å²) in [5, 5.41) is 10.7. The van der Waals surface area contributed by atoms with Crippen molar-refractivity contribution in [2.45, 2.75) is 6.42 Å². The number of hydrogen-bond acceptors (Lipinski definition) is 5. The van der Waals surface area contributed by atoms with Crippen LogP contribution in [-0.2, 0) is 6.42 Å². The second kappa shape index (κ2) is 5.28.